The van der Waals surface area contributed by atoms with Gasteiger partial charge in [0.2, 0.25) is 0 Å². The number of rotatable bonds is 10. The molecule has 0 aliphatic rings. The number of hydrogen-bond donors (Lipinski definition) is 0. The molecule has 196 valence electrons. The normalized spacial score (nSPS) is 10.3. The first-order valence-corrected chi connectivity index (χ1v) is 11.2. The summed E-state index contributed by atoms with van der Waals surface area (Å²) in [7, 11) is 0. The highest BCUT2D eigenvalue weighted by Gasteiger charge is 2.16. The number of hydrogen-bond acceptors (Lipinski definition) is 8. The number of carbonyl (C=O) groups excluding carboxylic acids is 4. The van der Waals surface area contributed by atoms with Crippen LogP contribution in [0.25, 0.3) is 12.2 Å². The predicted octanol–water partition coefficient (Wildman–Crippen LogP) is 5.78. The molecule has 2 aromatic rings. The van der Waals surface area contributed by atoms with Crippen LogP contribution in [0.5, 0.6) is 23.0 Å². The van der Waals surface area contributed by atoms with Crippen molar-refractivity contribution in [3.05, 3.63) is 96.1 Å². The molecule has 0 radical (unpaired) electrons. The van der Waals surface area contributed by atoms with Gasteiger partial charge in [0.15, 0.2) is 11.5 Å². The highest BCUT2D eigenvalue weighted by atomic mass is 16.6. The van der Waals surface area contributed by atoms with Gasteiger partial charge < -0.3 is 18.9 Å². The molecule has 0 fully saturated rings. The Balaban J connectivity index is 2.46. The molecule has 2 rings (SSSR count). The van der Waals surface area contributed by atoms with Crippen LogP contribution in [0.4, 0.5) is 0 Å². The Morgan fingerprint density at radius 2 is 0.921 bits per heavy atom. The van der Waals surface area contributed by atoms with E-state index in [-0.39, 0.29) is 45.3 Å². The van der Waals surface area contributed by atoms with Crippen molar-refractivity contribution in [1.29, 1.82) is 0 Å². The lowest BCUT2D eigenvalue weighted by Gasteiger charge is -2.11. The van der Waals surface area contributed by atoms with Crippen molar-refractivity contribution in [2.45, 2.75) is 27.7 Å². The summed E-state index contributed by atoms with van der Waals surface area (Å²) in [6, 6.07) is 9.08. The summed E-state index contributed by atoms with van der Waals surface area (Å²) in [6.07, 6.45) is 3.31. The molecular weight excluding hydrogens is 488 g/mol. The summed E-state index contributed by atoms with van der Waals surface area (Å²) in [4.78, 5) is 48.2. The average molecular weight is 517 g/mol. The van der Waals surface area contributed by atoms with Crippen LogP contribution in [0, 0.1) is 0 Å². The SMILES string of the molecule is C=C(C)C(=O)Oc1cc(/C=C/c2ccc(OC(=O)C(=C)C)c(OC(=O)C(=C)C)c2)cc(OC(=O)C(=C)C)c1. The molecule has 0 saturated carbocycles. The smallest absolute Gasteiger partial charge is 0.338 e. The molecule has 38 heavy (non-hydrogen) atoms. The van der Waals surface area contributed by atoms with Gasteiger partial charge in [-0.2, -0.15) is 0 Å². The largest absolute Gasteiger partial charge is 0.423 e. The number of carbonyl (C=O) groups is 4. The lowest BCUT2D eigenvalue weighted by molar-refractivity contribution is -0.132. The Morgan fingerprint density at radius 1 is 0.526 bits per heavy atom. The fourth-order valence-electron chi connectivity index (χ4n) is 2.55. The van der Waals surface area contributed by atoms with Crippen LogP contribution in [-0.4, -0.2) is 23.9 Å². The Morgan fingerprint density at radius 3 is 1.37 bits per heavy atom. The van der Waals surface area contributed by atoms with Gasteiger partial charge in [0, 0.05) is 28.4 Å². The summed E-state index contributed by atoms with van der Waals surface area (Å²) in [5, 5.41) is 0. The van der Waals surface area contributed by atoms with Crippen molar-refractivity contribution < 1.29 is 38.1 Å². The second-order valence-corrected chi connectivity index (χ2v) is 8.46. The van der Waals surface area contributed by atoms with Crippen molar-refractivity contribution in [2.75, 3.05) is 0 Å². The summed E-state index contributed by atoms with van der Waals surface area (Å²) in [5.74, 6) is -2.40. The van der Waals surface area contributed by atoms with Gasteiger partial charge in [-0.1, -0.05) is 44.5 Å². The fraction of sp³-hybridized carbons (Fsp3) is 0.133. The van der Waals surface area contributed by atoms with Crippen molar-refractivity contribution >= 4 is 36.0 Å². The maximum atomic E-state index is 12.1. The summed E-state index contributed by atoms with van der Waals surface area (Å²) in [6.45, 7) is 20.2. The lowest BCUT2D eigenvalue weighted by Crippen LogP contribution is -2.12. The van der Waals surface area contributed by atoms with Crippen LogP contribution in [0.1, 0.15) is 38.8 Å². The van der Waals surface area contributed by atoms with E-state index in [0.29, 0.717) is 11.1 Å². The van der Waals surface area contributed by atoms with Crippen LogP contribution in [-0.2, 0) is 19.2 Å². The lowest BCUT2D eigenvalue weighted by atomic mass is 10.1. The first-order chi connectivity index (χ1) is 17.8. The van der Waals surface area contributed by atoms with E-state index in [1.165, 1.54) is 45.9 Å². The van der Waals surface area contributed by atoms with E-state index in [9.17, 15) is 19.2 Å². The second kappa shape index (κ2) is 12.8. The number of benzene rings is 2. The Labute approximate surface area is 221 Å². The third-order valence-electron chi connectivity index (χ3n) is 4.56. The average Bonchev–Trinajstić information content (AvgIpc) is 2.83. The molecule has 0 aromatic heterocycles. The molecule has 0 spiro atoms. The first kappa shape index (κ1) is 29.3. The topological polar surface area (TPSA) is 105 Å². The molecule has 0 unspecified atom stereocenters. The summed E-state index contributed by atoms with van der Waals surface area (Å²) in [5.41, 5.74) is 1.78. The predicted molar refractivity (Wildman–Crippen MR) is 144 cm³/mol. The quantitative estimate of drug-likeness (QED) is 0.169. The molecule has 0 atom stereocenters. The summed E-state index contributed by atoms with van der Waals surface area (Å²) >= 11 is 0. The maximum Gasteiger partial charge on any atom is 0.338 e. The molecule has 0 amide bonds. The van der Waals surface area contributed by atoms with E-state index in [2.05, 4.69) is 26.3 Å². The van der Waals surface area contributed by atoms with Crippen molar-refractivity contribution in [1.82, 2.24) is 0 Å². The van der Waals surface area contributed by atoms with Gasteiger partial charge in [-0.25, -0.2) is 19.2 Å². The van der Waals surface area contributed by atoms with Gasteiger partial charge in [0.1, 0.15) is 11.5 Å². The monoisotopic (exact) mass is 516 g/mol. The third-order valence-corrected chi connectivity index (χ3v) is 4.56. The Kier molecular flexibility index (Phi) is 9.87. The number of ether oxygens (including phenoxy) is 4. The molecule has 8 nitrogen and oxygen atoms in total. The van der Waals surface area contributed by atoms with Gasteiger partial charge in [0.05, 0.1) is 0 Å². The maximum absolute atomic E-state index is 12.1. The fourth-order valence-corrected chi connectivity index (χ4v) is 2.55. The molecule has 0 saturated heterocycles. The van der Waals surface area contributed by atoms with E-state index in [1.54, 1.807) is 30.4 Å². The highest BCUT2D eigenvalue weighted by Crippen LogP contribution is 2.31. The minimum atomic E-state index is -0.699. The Hall–Kier alpha value is -4.98. The van der Waals surface area contributed by atoms with Crippen molar-refractivity contribution in [2.24, 2.45) is 0 Å². The van der Waals surface area contributed by atoms with E-state index in [1.807, 2.05) is 0 Å². The highest BCUT2D eigenvalue weighted by molar-refractivity contribution is 5.92. The van der Waals surface area contributed by atoms with Gasteiger partial charge in [-0.15, -0.1) is 0 Å². The van der Waals surface area contributed by atoms with Crippen LogP contribution in [0.15, 0.2) is 85.0 Å². The third kappa shape index (κ3) is 8.60. The van der Waals surface area contributed by atoms with Crippen LogP contribution in [0.3, 0.4) is 0 Å². The van der Waals surface area contributed by atoms with Crippen molar-refractivity contribution in [3.63, 3.8) is 0 Å². The molecule has 0 aliphatic carbocycles. The standard InChI is InChI=1S/C30H28O8/c1-17(2)27(31)35-23-13-22(14-24(16-23)36-28(32)18(3)4)10-9-21-11-12-25(37-29(33)19(5)6)26(15-21)38-30(34)20(7)8/h9-16H,1,3,5,7H2,2,4,6,8H3/b10-9+. The summed E-state index contributed by atoms with van der Waals surface area (Å²) < 4.78 is 21.2. The minimum Gasteiger partial charge on any atom is -0.423 e. The molecule has 2 aromatic carbocycles. The van der Waals surface area contributed by atoms with E-state index >= 15 is 0 Å². The second-order valence-electron chi connectivity index (χ2n) is 8.46. The molecule has 8 heteroatoms. The van der Waals surface area contributed by atoms with Gasteiger partial charge >= 0.3 is 23.9 Å². The molecule has 0 N–H and O–H groups in total. The van der Waals surface area contributed by atoms with Gasteiger partial charge in [0.25, 0.3) is 0 Å². The number of esters is 4. The zero-order valence-electron chi connectivity index (χ0n) is 21.7. The van der Waals surface area contributed by atoms with Crippen LogP contribution < -0.4 is 18.9 Å². The Bertz CT molecular complexity index is 1340. The van der Waals surface area contributed by atoms with Crippen LogP contribution >= 0.6 is 0 Å². The first-order valence-electron chi connectivity index (χ1n) is 11.2. The van der Waals surface area contributed by atoms with Gasteiger partial charge in [-0.05, 0) is 63.1 Å². The molecular formula is C30H28O8. The van der Waals surface area contributed by atoms with E-state index < -0.39 is 23.9 Å². The zero-order valence-corrected chi connectivity index (χ0v) is 21.7. The molecule has 0 bridgehead atoms. The molecule has 0 heterocycles. The van der Waals surface area contributed by atoms with Gasteiger partial charge in [-0.3, -0.25) is 0 Å². The van der Waals surface area contributed by atoms with Crippen LogP contribution in [0.2, 0.25) is 0 Å². The zero-order chi connectivity index (χ0) is 28.6. The van der Waals surface area contributed by atoms with Crippen molar-refractivity contribution in [3.8, 4) is 23.0 Å². The van der Waals surface area contributed by atoms with E-state index in [4.69, 9.17) is 18.9 Å². The van der Waals surface area contributed by atoms with E-state index in [0.717, 1.165) is 0 Å². The minimum absolute atomic E-state index is 0.00466. The molecule has 0 aliphatic heterocycles.